The van der Waals surface area contributed by atoms with Gasteiger partial charge in [0.05, 0.1) is 6.42 Å². The molecule has 2 aromatic rings. The number of carboxylic acid groups (broad SMARTS) is 2. The Kier molecular flexibility index (Phi) is 13.1. The highest BCUT2D eigenvalue weighted by atomic mass is 32.2. The van der Waals surface area contributed by atoms with Crippen molar-refractivity contribution in [2.24, 2.45) is 17.0 Å². The number of carbonyl (C=O) groups is 6. The van der Waals surface area contributed by atoms with Crippen molar-refractivity contribution in [1.82, 2.24) is 25.4 Å². The van der Waals surface area contributed by atoms with Crippen LogP contribution in [0.3, 0.4) is 0 Å². The third kappa shape index (κ3) is 8.76. The lowest BCUT2D eigenvalue weighted by Gasteiger charge is -2.49. The number of hydrogen-bond acceptors (Lipinski definition) is 14. The third-order valence-corrected chi connectivity index (χ3v) is 12.7. The Labute approximate surface area is 327 Å². The van der Waals surface area contributed by atoms with Gasteiger partial charge in [0.1, 0.15) is 47.0 Å². The van der Waals surface area contributed by atoms with Gasteiger partial charge in [0.15, 0.2) is 10.8 Å². The minimum Gasteiger partial charge on any atom is -0.477 e. The SMILES string of the molecule is CC(C)CC1=C(C(=O)O)N2C(=O)C(NC(=O)Cc3cccs3)C2SC1.CO/N=C(\C(=O)N[C@@H]1C(=O)N2C(C(=O)O)=C(CC(C)C)CS[C@H]12)c1csc(N)n1. The summed E-state index contributed by atoms with van der Waals surface area (Å²) in [7, 11) is 1.29. The predicted octanol–water partition coefficient (Wildman–Crippen LogP) is 2.94. The van der Waals surface area contributed by atoms with Crippen LogP contribution in [0.5, 0.6) is 0 Å². The number of amides is 4. The van der Waals surface area contributed by atoms with E-state index in [1.54, 1.807) is 5.38 Å². The fraction of sp³-hybridized carbons (Fsp3) is 0.471. The molecule has 0 spiro atoms. The largest absolute Gasteiger partial charge is 0.477 e. The molecular weight excluding hydrogens is 779 g/mol. The number of thiophene rings is 1. The summed E-state index contributed by atoms with van der Waals surface area (Å²) in [6, 6.07) is 2.24. The zero-order chi connectivity index (χ0) is 39.4. The van der Waals surface area contributed by atoms with E-state index >= 15 is 0 Å². The molecule has 16 nitrogen and oxygen atoms in total. The topological polar surface area (TPSA) is 234 Å². The number of thioether (sulfide) groups is 2. The number of β-lactam (4-membered cyclic amide) rings is 2. The Morgan fingerprint density at radius 3 is 1.89 bits per heavy atom. The number of fused-ring (bicyclic) bond motifs is 2. The molecule has 2 saturated heterocycles. The van der Waals surface area contributed by atoms with Crippen molar-refractivity contribution < 1.29 is 43.8 Å². The zero-order valence-electron chi connectivity index (χ0n) is 30.1. The fourth-order valence-electron chi connectivity index (χ4n) is 6.36. The molecule has 4 aliphatic heterocycles. The molecule has 4 aliphatic rings. The summed E-state index contributed by atoms with van der Waals surface area (Å²) in [5.41, 5.74) is 7.38. The van der Waals surface area contributed by atoms with E-state index in [-0.39, 0.29) is 57.5 Å². The number of oxime groups is 1. The molecular formula is C34H41N7O9S4. The van der Waals surface area contributed by atoms with E-state index in [0.29, 0.717) is 30.3 Å². The second-order valence-corrected chi connectivity index (χ2v) is 17.6. The number of nitrogens with one attached hydrogen (secondary N) is 2. The second kappa shape index (κ2) is 17.4. The maximum Gasteiger partial charge on any atom is 0.352 e. The van der Waals surface area contributed by atoms with Crippen molar-refractivity contribution in [3.05, 3.63) is 56.0 Å². The molecule has 4 amide bonds. The third-order valence-electron chi connectivity index (χ3n) is 8.49. The first-order chi connectivity index (χ1) is 25.6. The smallest absolute Gasteiger partial charge is 0.352 e. The number of aromatic nitrogens is 1. The van der Waals surface area contributed by atoms with Crippen molar-refractivity contribution >= 4 is 92.6 Å². The summed E-state index contributed by atoms with van der Waals surface area (Å²) in [4.78, 5) is 85.7. The number of aliphatic carboxylic acids is 2. The molecule has 6 heterocycles. The molecule has 0 bridgehead atoms. The van der Waals surface area contributed by atoms with Gasteiger partial charge in [-0.3, -0.25) is 29.0 Å². The van der Waals surface area contributed by atoms with E-state index in [2.05, 4.69) is 20.8 Å². The standard InChI is InChI=1S/C17H21N5O5S2.C17H20N2O4S2/c1-7(2)4-8-5-28-15-11(14(24)22(15)12(8)16(25)26)20-13(23)10(21-27-3)9-6-29-17(18)19-9;1-9(2)6-10-8-25-16-13(15(21)19(16)14(10)17(22)23)18-12(20)7-11-4-3-5-24-11/h6-7,11,15H,4-5H2,1-3H3,(H2,18,19)(H,20,23)(H,25,26);3-5,9,13,16H,6-8H2,1-2H3,(H,18,20)(H,22,23)/b21-10-;/t11-,15-;/m1./s1. The minimum atomic E-state index is -1.14. The molecule has 0 radical (unpaired) electrons. The van der Waals surface area contributed by atoms with E-state index < -0.39 is 41.2 Å². The molecule has 0 aromatic carbocycles. The van der Waals surface area contributed by atoms with E-state index in [1.807, 2.05) is 45.2 Å². The van der Waals surface area contributed by atoms with Crippen molar-refractivity contribution in [2.45, 2.75) is 69.8 Å². The van der Waals surface area contributed by atoms with Crippen LogP contribution in [0.2, 0.25) is 0 Å². The monoisotopic (exact) mass is 819 g/mol. The quantitative estimate of drug-likeness (QED) is 0.111. The molecule has 6 N–H and O–H groups in total. The van der Waals surface area contributed by atoms with Gasteiger partial charge in [-0.15, -0.1) is 46.2 Å². The molecule has 0 aliphatic carbocycles. The Morgan fingerprint density at radius 2 is 1.46 bits per heavy atom. The van der Waals surface area contributed by atoms with Crippen LogP contribution < -0.4 is 16.4 Å². The van der Waals surface area contributed by atoms with Crippen LogP contribution in [-0.4, -0.2) is 108 Å². The number of carboxylic acids is 2. The average molecular weight is 820 g/mol. The lowest BCUT2D eigenvalue weighted by Crippen LogP contribution is -2.71. The number of carbonyl (C=O) groups excluding carboxylic acids is 4. The molecule has 4 atom stereocenters. The van der Waals surface area contributed by atoms with Crippen LogP contribution in [-0.2, 0) is 40.0 Å². The van der Waals surface area contributed by atoms with Crippen molar-refractivity contribution in [2.75, 3.05) is 24.3 Å². The highest BCUT2D eigenvalue weighted by Gasteiger charge is 2.55. The van der Waals surface area contributed by atoms with Gasteiger partial charge in [0.2, 0.25) is 5.91 Å². The first-order valence-electron chi connectivity index (χ1n) is 16.9. The lowest BCUT2D eigenvalue weighted by molar-refractivity contribution is -0.150. The molecule has 2 fully saturated rings. The maximum atomic E-state index is 12.7. The van der Waals surface area contributed by atoms with Gasteiger partial charge in [-0.1, -0.05) is 38.9 Å². The number of anilines is 1. The molecule has 54 heavy (non-hydrogen) atoms. The number of nitrogens with two attached hydrogens (primary N) is 1. The van der Waals surface area contributed by atoms with Gasteiger partial charge in [0.25, 0.3) is 17.7 Å². The van der Waals surface area contributed by atoms with Gasteiger partial charge in [0, 0.05) is 21.8 Å². The van der Waals surface area contributed by atoms with E-state index in [9.17, 15) is 39.0 Å². The summed E-state index contributed by atoms with van der Waals surface area (Å²) in [6.07, 6.45) is 1.48. The van der Waals surface area contributed by atoms with Gasteiger partial charge in [-0.25, -0.2) is 14.6 Å². The van der Waals surface area contributed by atoms with Crippen LogP contribution in [0.15, 0.2) is 50.6 Å². The molecule has 290 valence electrons. The van der Waals surface area contributed by atoms with Gasteiger partial charge >= 0.3 is 11.9 Å². The summed E-state index contributed by atoms with van der Waals surface area (Å²) < 4.78 is 0. The number of thiazole rings is 1. The summed E-state index contributed by atoms with van der Waals surface area (Å²) in [6.45, 7) is 8.03. The lowest BCUT2D eigenvalue weighted by atomic mass is 9.97. The van der Waals surface area contributed by atoms with Gasteiger partial charge < -0.3 is 31.4 Å². The fourth-order valence-corrected chi connectivity index (χ4v) is 10.3. The van der Waals surface area contributed by atoms with Crippen LogP contribution in [0.25, 0.3) is 0 Å². The summed E-state index contributed by atoms with van der Waals surface area (Å²) in [5, 5.41) is 31.2. The minimum absolute atomic E-state index is 0.0241. The van der Waals surface area contributed by atoms with Crippen molar-refractivity contribution in [3.8, 4) is 0 Å². The zero-order valence-corrected chi connectivity index (χ0v) is 33.3. The second-order valence-electron chi connectivity index (χ2n) is 13.5. The highest BCUT2D eigenvalue weighted by molar-refractivity contribution is 8.00. The number of rotatable bonds is 13. The van der Waals surface area contributed by atoms with Crippen molar-refractivity contribution in [3.63, 3.8) is 0 Å². The molecule has 6 rings (SSSR count). The Bertz CT molecular complexity index is 1910. The van der Waals surface area contributed by atoms with E-state index in [1.165, 1.54) is 51.8 Å². The first-order valence-corrected chi connectivity index (χ1v) is 20.7. The highest BCUT2D eigenvalue weighted by Crippen LogP contribution is 2.43. The Morgan fingerprint density at radius 1 is 0.926 bits per heavy atom. The first kappa shape index (κ1) is 40.8. The van der Waals surface area contributed by atoms with Gasteiger partial charge in [-0.05, 0) is 47.3 Å². The van der Waals surface area contributed by atoms with Crippen LogP contribution in [0, 0.1) is 11.8 Å². The van der Waals surface area contributed by atoms with E-state index in [0.717, 1.165) is 27.4 Å². The number of nitrogen functional groups attached to an aromatic ring is 1. The normalized spacial score (nSPS) is 22.2. The molecule has 0 saturated carbocycles. The Balaban J connectivity index is 0.000000210. The number of nitrogens with zero attached hydrogens (tertiary/aromatic N) is 4. The van der Waals surface area contributed by atoms with E-state index in [4.69, 9.17) is 10.6 Å². The van der Waals surface area contributed by atoms with Gasteiger partial charge in [-0.2, -0.15) is 0 Å². The van der Waals surface area contributed by atoms with Crippen molar-refractivity contribution in [1.29, 1.82) is 0 Å². The summed E-state index contributed by atoms with van der Waals surface area (Å²) >= 11 is 5.58. The predicted molar refractivity (Wildman–Crippen MR) is 206 cm³/mol. The van der Waals surface area contributed by atoms with Crippen LogP contribution in [0.4, 0.5) is 5.13 Å². The van der Waals surface area contributed by atoms with Crippen LogP contribution >= 0.6 is 46.2 Å². The average Bonchev–Trinajstić information content (AvgIpc) is 3.79. The maximum absolute atomic E-state index is 12.7. The number of hydrogen-bond donors (Lipinski definition) is 5. The van der Waals surface area contributed by atoms with Crippen LogP contribution in [0.1, 0.15) is 51.1 Å². The molecule has 2 aromatic heterocycles. The molecule has 2 unspecified atom stereocenters. The molecule has 20 heteroatoms. The Hall–Kier alpha value is -4.40. The summed E-state index contributed by atoms with van der Waals surface area (Å²) in [5.74, 6) is -2.23.